The number of rotatable bonds is 5. The zero-order chi connectivity index (χ0) is 14.8. The highest BCUT2D eigenvalue weighted by Gasteiger charge is 2.17. The summed E-state index contributed by atoms with van der Waals surface area (Å²) in [6.07, 6.45) is -1.09. The summed E-state index contributed by atoms with van der Waals surface area (Å²) in [4.78, 5) is 22.6. The lowest BCUT2D eigenvalue weighted by Crippen LogP contribution is -2.26. The molecule has 1 heterocycles. The van der Waals surface area contributed by atoms with Gasteiger partial charge in [-0.2, -0.15) is 5.10 Å². The molecular weight excluding hydrogens is 252 g/mol. The van der Waals surface area contributed by atoms with E-state index >= 15 is 0 Å². The van der Waals surface area contributed by atoms with Crippen LogP contribution in [0.2, 0.25) is 0 Å². The number of nitrogens with two attached hydrogens (primary N) is 1. The van der Waals surface area contributed by atoms with Crippen LogP contribution in [0.4, 0.5) is 4.79 Å². The number of H-pyrrole nitrogens is 1. The molecule has 0 amide bonds. The fourth-order valence-corrected chi connectivity index (χ4v) is 1.33. The first-order chi connectivity index (χ1) is 9.10. The third-order valence-corrected chi connectivity index (χ3v) is 2.06. The molecule has 0 saturated carbocycles. The van der Waals surface area contributed by atoms with Crippen LogP contribution in [0.3, 0.4) is 0 Å². The Hall–Kier alpha value is -1.83. The Bertz CT molecular complexity index is 427. The minimum Gasteiger partial charge on any atom is -0.433 e. The van der Waals surface area contributed by atoms with Gasteiger partial charge in [-0.25, -0.2) is 19.3 Å². The molecular formula is C11H22N4O4. The number of nitrogens with zero attached hydrogens (tertiary/aromatic N) is 2. The van der Waals surface area contributed by atoms with Gasteiger partial charge >= 0.3 is 11.8 Å². The lowest BCUT2D eigenvalue weighted by Gasteiger charge is -2.14. The van der Waals surface area contributed by atoms with Gasteiger partial charge in [-0.1, -0.05) is 20.8 Å². The van der Waals surface area contributed by atoms with Gasteiger partial charge in [0, 0.05) is 13.0 Å². The monoisotopic (exact) mass is 274 g/mol. The van der Waals surface area contributed by atoms with Gasteiger partial charge in [-0.15, -0.1) is 0 Å². The standard InChI is InChI=1S/C9H16N4O4.C2H6/c1-3-7-11-12-8(14)13(7)6(2)17-9(15)16-5-4-10;1-2/h6H,3-5,10H2,1-2H3,(H,12,14);1-2H3. The molecule has 0 aliphatic heterocycles. The summed E-state index contributed by atoms with van der Waals surface area (Å²) in [5.41, 5.74) is 4.74. The molecule has 0 fully saturated rings. The molecule has 8 heteroatoms. The Morgan fingerprint density at radius 3 is 2.68 bits per heavy atom. The first-order valence-corrected chi connectivity index (χ1v) is 6.29. The molecule has 0 radical (unpaired) electrons. The molecule has 0 spiro atoms. The summed E-state index contributed by atoms with van der Waals surface area (Å²) in [5, 5.41) is 6.09. The normalized spacial score (nSPS) is 11.2. The van der Waals surface area contributed by atoms with Crippen LogP contribution < -0.4 is 11.4 Å². The van der Waals surface area contributed by atoms with Crippen LogP contribution >= 0.6 is 0 Å². The largest absolute Gasteiger partial charge is 0.510 e. The Morgan fingerprint density at radius 2 is 2.16 bits per heavy atom. The van der Waals surface area contributed by atoms with Crippen LogP contribution in [0.15, 0.2) is 4.79 Å². The van der Waals surface area contributed by atoms with Crippen molar-refractivity contribution in [3.05, 3.63) is 16.3 Å². The molecule has 0 bridgehead atoms. The number of nitrogens with one attached hydrogen (secondary N) is 1. The number of hydrogen-bond donors (Lipinski definition) is 2. The molecule has 1 aromatic heterocycles. The lowest BCUT2D eigenvalue weighted by atomic mass is 10.4. The third-order valence-electron chi connectivity index (χ3n) is 2.06. The third kappa shape index (κ3) is 5.12. The highest BCUT2D eigenvalue weighted by atomic mass is 16.7. The van der Waals surface area contributed by atoms with Crippen molar-refractivity contribution in [3.63, 3.8) is 0 Å². The molecule has 1 atom stereocenters. The number of ether oxygens (including phenoxy) is 2. The first kappa shape index (κ1) is 17.2. The Kier molecular flexibility index (Phi) is 8.27. The van der Waals surface area contributed by atoms with E-state index in [0.29, 0.717) is 12.2 Å². The van der Waals surface area contributed by atoms with Gasteiger partial charge in [0.1, 0.15) is 12.4 Å². The Balaban J connectivity index is 0.00000154. The van der Waals surface area contributed by atoms with E-state index in [4.69, 9.17) is 10.5 Å². The number of carbonyl (C=O) groups is 1. The molecule has 0 aromatic carbocycles. The van der Waals surface area contributed by atoms with Gasteiger partial charge in [-0.05, 0) is 6.92 Å². The molecule has 1 rings (SSSR count). The van der Waals surface area contributed by atoms with Crippen molar-refractivity contribution in [1.29, 1.82) is 0 Å². The van der Waals surface area contributed by atoms with Crippen LogP contribution in [0.25, 0.3) is 0 Å². The maximum Gasteiger partial charge on any atom is 0.510 e. The fourth-order valence-electron chi connectivity index (χ4n) is 1.33. The van der Waals surface area contributed by atoms with Crippen molar-refractivity contribution in [2.75, 3.05) is 13.2 Å². The Morgan fingerprint density at radius 1 is 1.53 bits per heavy atom. The van der Waals surface area contributed by atoms with Gasteiger partial charge in [0.25, 0.3) is 0 Å². The maximum absolute atomic E-state index is 11.4. The van der Waals surface area contributed by atoms with Crippen LogP contribution in [0.1, 0.15) is 39.7 Å². The van der Waals surface area contributed by atoms with Crippen molar-refractivity contribution in [3.8, 4) is 0 Å². The van der Waals surface area contributed by atoms with E-state index in [9.17, 15) is 9.59 Å². The summed E-state index contributed by atoms with van der Waals surface area (Å²) < 4.78 is 10.8. The highest BCUT2D eigenvalue weighted by Crippen LogP contribution is 2.08. The molecule has 1 unspecified atom stereocenters. The van der Waals surface area contributed by atoms with E-state index in [1.165, 1.54) is 4.57 Å². The van der Waals surface area contributed by atoms with E-state index in [-0.39, 0.29) is 13.2 Å². The highest BCUT2D eigenvalue weighted by molar-refractivity contribution is 5.59. The van der Waals surface area contributed by atoms with E-state index < -0.39 is 18.1 Å². The van der Waals surface area contributed by atoms with Crippen LogP contribution in [-0.4, -0.2) is 34.1 Å². The minimum absolute atomic E-state index is 0.0759. The number of aromatic nitrogens is 3. The maximum atomic E-state index is 11.4. The van der Waals surface area contributed by atoms with Crippen LogP contribution in [-0.2, 0) is 15.9 Å². The topological polar surface area (TPSA) is 112 Å². The van der Waals surface area contributed by atoms with Crippen molar-refractivity contribution in [1.82, 2.24) is 14.8 Å². The first-order valence-electron chi connectivity index (χ1n) is 6.29. The van der Waals surface area contributed by atoms with Gasteiger partial charge in [0.15, 0.2) is 6.23 Å². The molecule has 3 N–H and O–H groups in total. The van der Waals surface area contributed by atoms with E-state index in [2.05, 4.69) is 14.9 Å². The minimum atomic E-state index is -0.863. The molecule has 1 aromatic rings. The number of aryl methyl sites for hydroxylation is 1. The second kappa shape index (κ2) is 9.15. The van der Waals surface area contributed by atoms with Crippen LogP contribution in [0.5, 0.6) is 0 Å². The predicted molar refractivity (Wildman–Crippen MR) is 69.8 cm³/mol. The summed E-state index contributed by atoms with van der Waals surface area (Å²) in [5.74, 6) is 0.508. The van der Waals surface area contributed by atoms with Crippen LogP contribution in [0, 0.1) is 0 Å². The quantitative estimate of drug-likeness (QED) is 0.768. The van der Waals surface area contributed by atoms with Gasteiger partial charge in [0.05, 0.1) is 0 Å². The number of aromatic amines is 1. The van der Waals surface area contributed by atoms with E-state index in [1.807, 2.05) is 20.8 Å². The van der Waals surface area contributed by atoms with Crippen molar-refractivity contribution < 1.29 is 14.3 Å². The van der Waals surface area contributed by atoms with Crippen molar-refractivity contribution >= 4 is 6.16 Å². The number of hydrogen-bond acceptors (Lipinski definition) is 6. The van der Waals surface area contributed by atoms with Crippen molar-refractivity contribution in [2.24, 2.45) is 5.73 Å². The molecule has 110 valence electrons. The van der Waals surface area contributed by atoms with E-state index in [1.54, 1.807) is 6.92 Å². The van der Waals surface area contributed by atoms with Crippen molar-refractivity contribution in [2.45, 2.75) is 40.3 Å². The van der Waals surface area contributed by atoms with Gasteiger partial charge in [-0.3, -0.25) is 0 Å². The second-order valence-corrected chi connectivity index (χ2v) is 3.27. The van der Waals surface area contributed by atoms with E-state index in [0.717, 1.165) is 0 Å². The summed E-state index contributed by atoms with van der Waals surface area (Å²) >= 11 is 0. The fraction of sp³-hybridized carbons (Fsp3) is 0.727. The lowest BCUT2D eigenvalue weighted by molar-refractivity contribution is 0.00308. The molecule has 0 aliphatic rings. The van der Waals surface area contributed by atoms with Gasteiger partial charge in [0.2, 0.25) is 0 Å². The molecule has 0 aliphatic carbocycles. The molecule has 8 nitrogen and oxygen atoms in total. The smallest absolute Gasteiger partial charge is 0.433 e. The van der Waals surface area contributed by atoms with Gasteiger partial charge < -0.3 is 15.2 Å². The zero-order valence-corrected chi connectivity index (χ0v) is 11.8. The molecule has 0 saturated heterocycles. The second-order valence-electron chi connectivity index (χ2n) is 3.27. The summed E-state index contributed by atoms with van der Waals surface area (Å²) in [6.45, 7) is 7.69. The summed E-state index contributed by atoms with van der Waals surface area (Å²) in [7, 11) is 0. The predicted octanol–water partition coefficient (Wildman–Crippen LogP) is 0.790. The SMILES string of the molecule is CC.CCc1n[nH]c(=O)n1C(C)OC(=O)OCCN. The zero-order valence-electron chi connectivity index (χ0n) is 11.8. The molecule has 19 heavy (non-hydrogen) atoms. The summed E-state index contributed by atoms with van der Waals surface area (Å²) in [6, 6.07) is 0. The number of carbonyl (C=O) groups excluding carboxylic acids is 1. The average Bonchev–Trinajstić information content (AvgIpc) is 2.79. The Labute approximate surface area is 111 Å². The average molecular weight is 274 g/mol.